The van der Waals surface area contributed by atoms with Crippen LogP contribution in [0.3, 0.4) is 0 Å². The second-order valence-electron chi connectivity index (χ2n) is 4.16. The molecule has 1 aromatic carbocycles. The minimum atomic E-state index is -0.977. The highest BCUT2D eigenvalue weighted by Crippen LogP contribution is 2.28. The smallest absolute Gasteiger partial charge is 0.335 e. The maximum Gasteiger partial charge on any atom is 0.335 e. The number of carboxylic acids is 1. The van der Waals surface area contributed by atoms with Crippen molar-refractivity contribution in [2.45, 2.75) is 26.2 Å². The Morgan fingerprint density at radius 1 is 1.31 bits per heavy atom. The van der Waals surface area contributed by atoms with Gasteiger partial charge in [0.25, 0.3) is 0 Å². The molecule has 4 heteroatoms. The Hall–Kier alpha value is -1.84. The van der Waals surface area contributed by atoms with E-state index in [1.165, 1.54) is 0 Å². The summed E-state index contributed by atoms with van der Waals surface area (Å²) >= 11 is 0. The summed E-state index contributed by atoms with van der Waals surface area (Å²) in [5.74, 6) is -0.977. The lowest BCUT2D eigenvalue weighted by Gasteiger charge is -2.25. The number of hydrogen-bond donors (Lipinski definition) is 2. The number of nitrogens with zero attached hydrogens (tertiary/aromatic N) is 1. The Bertz CT molecular complexity index is 436. The molecule has 0 unspecified atom stereocenters. The number of rotatable bonds is 3. The van der Waals surface area contributed by atoms with E-state index in [2.05, 4.69) is 5.16 Å². The van der Waals surface area contributed by atoms with Crippen molar-refractivity contribution in [3.05, 3.63) is 35.4 Å². The molecule has 0 radical (unpaired) electrons. The average molecular weight is 221 g/mol. The van der Waals surface area contributed by atoms with Crippen LogP contribution in [0.15, 0.2) is 29.4 Å². The van der Waals surface area contributed by atoms with Crippen molar-refractivity contribution in [2.24, 2.45) is 5.16 Å². The summed E-state index contributed by atoms with van der Waals surface area (Å²) in [6, 6.07) is 6.73. The molecular weight excluding hydrogens is 206 g/mol. The molecule has 0 aliphatic rings. The molecule has 0 aliphatic heterocycles. The number of aromatic carboxylic acids is 1. The third-order valence-electron chi connectivity index (χ3n) is 2.89. The summed E-state index contributed by atoms with van der Waals surface area (Å²) in [7, 11) is 0. The van der Waals surface area contributed by atoms with Crippen LogP contribution in [-0.4, -0.2) is 22.0 Å². The molecule has 1 aromatic rings. The maximum atomic E-state index is 11.1. The van der Waals surface area contributed by atoms with Gasteiger partial charge in [0.05, 0.1) is 11.3 Å². The summed E-state index contributed by atoms with van der Waals surface area (Å²) in [6.45, 7) is 5.31. The molecule has 4 nitrogen and oxygen atoms in total. The monoisotopic (exact) mass is 221 g/mol. The molecule has 0 saturated heterocycles. The van der Waals surface area contributed by atoms with Gasteiger partial charge in [-0.1, -0.05) is 37.2 Å². The highest BCUT2D eigenvalue weighted by atomic mass is 16.4. The minimum Gasteiger partial charge on any atom is -0.478 e. The van der Waals surface area contributed by atoms with Gasteiger partial charge in [-0.05, 0) is 18.6 Å². The first-order valence-electron chi connectivity index (χ1n) is 4.93. The predicted molar refractivity (Wildman–Crippen MR) is 61.3 cm³/mol. The molecule has 86 valence electrons. The van der Waals surface area contributed by atoms with Gasteiger partial charge in [-0.3, -0.25) is 0 Å². The lowest BCUT2D eigenvalue weighted by molar-refractivity contribution is 0.0694. The van der Waals surface area contributed by atoms with Crippen molar-refractivity contribution >= 4 is 11.7 Å². The van der Waals surface area contributed by atoms with E-state index in [9.17, 15) is 4.79 Å². The van der Waals surface area contributed by atoms with E-state index in [0.717, 1.165) is 0 Å². The first-order chi connectivity index (χ1) is 7.41. The minimum absolute atomic E-state index is 0.232. The van der Waals surface area contributed by atoms with Gasteiger partial charge in [0, 0.05) is 5.41 Å². The molecule has 0 aliphatic carbocycles. The van der Waals surface area contributed by atoms with Crippen LogP contribution in [0, 0.1) is 0 Å². The van der Waals surface area contributed by atoms with Crippen LogP contribution < -0.4 is 0 Å². The van der Waals surface area contributed by atoms with Crippen LogP contribution in [-0.2, 0) is 5.41 Å². The van der Waals surface area contributed by atoms with E-state index in [1.807, 2.05) is 13.8 Å². The Morgan fingerprint density at radius 2 is 1.88 bits per heavy atom. The average Bonchev–Trinajstić information content (AvgIpc) is 2.27. The lowest BCUT2D eigenvalue weighted by atomic mass is 9.78. The molecular formula is C12H15NO3. The molecule has 0 aromatic heterocycles. The highest BCUT2D eigenvalue weighted by molar-refractivity contribution is 5.97. The summed E-state index contributed by atoms with van der Waals surface area (Å²) in [4.78, 5) is 11.1. The van der Waals surface area contributed by atoms with Crippen molar-refractivity contribution in [3.8, 4) is 0 Å². The van der Waals surface area contributed by atoms with Crippen LogP contribution in [0.1, 0.15) is 36.7 Å². The topological polar surface area (TPSA) is 69.9 Å². The molecule has 0 saturated carbocycles. The van der Waals surface area contributed by atoms with Crippen LogP contribution in [0.4, 0.5) is 0 Å². The Morgan fingerprint density at radius 3 is 2.38 bits per heavy atom. The fraction of sp³-hybridized carbons (Fsp3) is 0.333. The quantitative estimate of drug-likeness (QED) is 0.468. The fourth-order valence-corrected chi connectivity index (χ4v) is 1.53. The number of carbonyl (C=O) groups is 1. The van der Waals surface area contributed by atoms with E-state index >= 15 is 0 Å². The number of hydrogen-bond acceptors (Lipinski definition) is 3. The number of oxime groups is 1. The van der Waals surface area contributed by atoms with Gasteiger partial charge >= 0.3 is 5.97 Å². The molecule has 0 fully saturated rings. The van der Waals surface area contributed by atoms with E-state index in [0.29, 0.717) is 11.3 Å². The SMILES string of the molecule is C/C(=N\O)C(C)(C)c1ccccc1C(=O)O. The van der Waals surface area contributed by atoms with Gasteiger partial charge in [-0.2, -0.15) is 0 Å². The first kappa shape index (κ1) is 12.2. The van der Waals surface area contributed by atoms with Crippen LogP contribution >= 0.6 is 0 Å². The van der Waals surface area contributed by atoms with Crippen molar-refractivity contribution in [1.82, 2.24) is 0 Å². The Kier molecular flexibility index (Phi) is 3.32. The third kappa shape index (κ3) is 2.05. The zero-order valence-electron chi connectivity index (χ0n) is 9.56. The predicted octanol–water partition coefficient (Wildman–Crippen LogP) is 2.51. The summed E-state index contributed by atoms with van der Waals surface area (Å²) in [5.41, 5.74) is 0.735. The van der Waals surface area contributed by atoms with Gasteiger partial charge in [0.1, 0.15) is 0 Å². The normalized spacial score (nSPS) is 12.6. The molecule has 0 heterocycles. The molecule has 0 bridgehead atoms. The van der Waals surface area contributed by atoms with Crippen molar-refractivity contribution in [3.63, 3.8) is 0 Å². The van der Waals surface area contributed by atoms with Crippen LogP contribution in [0.2, 0.25) is 0 Å². The van der Waals surface area contributed by atoms with Gasteiger partial charge in [0.2, 0.25) is 0 Å². The molecule has 2 N–H and O–H groups in total. The number of benzene rings is 1. The number of carboxylic acid groups (broad SMARTS) is 1. The van der Waals surface area contributed by atoms with Crippen LogP contribution in [0.5, 0.6) is 0 Å². The fourth-order valence-electron chi connectivity index (χ4n) is 1.53. The van der Waals surface area contributed by atoms with Gasteiger partial charge < -0.3 is 10.3 Å². The van der Waals surface area contributed by atoms with Crippen LogP contribution in [0.25, 0.3) is 0 Å². The van der Waals surface area contributed by atoms with E-state index in [1.54, 1.807) is 31.2 Å². The van der Waals surface area contributed by atoms with Crippen molar-refractivity contribution in [1.29, 1.82) is 0 Å². The van der Waals surface area contributed by atoms with E-state index in [4.69, 9.17) is 10.3 Å². The zero-order valence-corrected chi connectivity index (χ0v) is 9.56. The second kappa shape index (κ2) is 4.35. The van der Waals surface area contributed by atoms with Gasteiger partial charge in [-0.15, -0.1) is 0 Å². The zero-order chi connectivity index (χ0) is 12.3. The molecule has 1 rings (SSSR count). The summed E-state index contributed by atoms with van der Waals surface area (Å²) in [6.07, 6.45) is 0. The van der Waals surface area contributed by atoms with Crippen molar-refractivity contribution < 1.29 is 15.1 Å². The summed E-state index contributed by atoms with van der Waals surface area (Å²) in [5, 5.41) is 21.0. The van der Waals surface area contributed by atoms with E-state index in [-0.39, 0.29) is 5.56 Å². The highest BCUT2D eigenvalue weighted by Gasteiger charge is 2.29. The molecule has 0 spiro atoms. The Balaban J connectivity index is 3.38. The summed E-state index contributed by atoms with van der Waals surface area (Å²) < 4.78 is 0. The van der Waals surface area contributed by atoms with E-state index < -0.39 is 11.4 Å². The molecule has 16 heavy (non-hydrogen) atoms. The Labute approximate surface area is 94.2 Å². The standard InChI is InChI=1S/C12H15NO3/c1-8(13-16)12(2,3)10-7-5-4-6-9(10)11(14)15/h4-7,16H,1-3H3,(H,14,15)/b13-8+. The lowest BCUT2D eigenvalue weighted by Crippen LogP contribution is -2.29. The first-order valence-corrected chi connectivity index (χ1v) is 4.93. The second-order valence-corrected chi connectivity index (χ2v) is 4.16. The molecule has 0 atom stereocenters. The van der Waals surface area contributed by atoms with Gasteiger partial charge in [-0.25, -0.2) is 4.79 Å². The largest absolute Gasteiger partial charge is 0.478 e. The van der Waals surface area contributed by atoms with Crippen molar-refractivity contribution in [2.75, 3.05) is 0 Å². The van der Waals surface area contributed by atoms with Gasteiger partial charge in [0.15, 0.2) is 0 Å². The molecule has 0 amide bonds. The maximum absolute atomic E-state index is 11.1. The third-order valence-corrected chi connectivity index (χ3v) is 2.89.